The number of ether oxygens (including phenoxy) is 1. The van der Waals surface area contributed by atoms with Gasteiger partial charge in [-0.1, -0.05) is 0 Å². The third-order valence-corrected chi connectivity index (χ3v) is 3.51. The number of hydrogen-bond donors (Lipinski definition) is 1. The zero-order valence-corrected chi connectivity index (χ0v) is 11.7. The fourth-order valence-corrected chi connectivity index (χ4v) is 2.42. The van der Waals surface area contributed by atoms with Crippen molar-refractivity contribution in [3.05, 3.63) is 16.6 Å². The average Bonchev–Trinajstić information content (AvgIpc) is 2.79. The fraction of sp³-hybridized carbons (Fsp3) is 0.727. The molecule has 1 aliphatic heterocycles. The first-order valence-electron chi connectivity index (χ1n) is 5.76. The first-order chi connectivity index (χ1) is 7.86. The monoisotopic (exact) mass is 277 g/mol. The van der Waals surface area contributed by atoms with Gasteiger partial charge >= 0.3 is 0 Å². The highest BCUT2D eigenvalue weighted by Gasteiger charge is 2.17. The van der Waals surface area contributed by atoms with E-state index in [4.69, 9.17) is 4.74 Å². The molecule has 0 radical (unpaired) electrons. The summed E-state index contributed by atoms with van der Waals surface area (Å²) < 4.78 is 5.41. The van der Waals surface area contributed by atoms with Crippen molar-refractivity contribution in [2.24, 2.45) is 0 Å². The molecule has 0 aromatic carbocycles. The van der Waals surface area contributed by atoms with E-state index in [2.05, 4.69) is 27.5 Å². The maximum absolute atomic E-state index is 5.41. The predicted octanol–water partition coefficient (Wildman–Crippen LogP) is 1.38. The molecule has 1 aliphatic rings. The number of morpholine rings is 1. The minimum Gasteiger partial charge on any atom is -0.379 e. The van der Waals surface area contributed by atoms with Crippen molar-refractivity contribution in [2.75, 3.05) is 32.8 Å². The average molecular weight is 278 g/mol. The Labute approximate surface area is 113 Å². The van der Waals surface area contributed by atoms with E-state index in [9.17, 15) is 0 Å². The standard InChI is InChI=1S/C11H19N3OS.ClH/c1-10-7-15-5-4-14(10)3-2-12-6-11-8-16-9-13-11;/h8-10,12H,2-7H2,1H3;1H. The Hall–Kier alpha value is -0.200. The molecule has 6 heteroatoms. The van der Waals surface area contributed by atoms with Crippen LogP contribution in [0.2, 0.25) is 0 Å². The highest BCUT2D eigenvalue weighted by atomic mass is 35.5. The summed E-state index contributed by atoms with van der Waals surface area (Å²) in [5.74, 6) is 0. The van der Waals surface area contributed by atoms with Crippen molar-refractivity contribution in [1.82, 2.24) is 15.2 Å². The van der Waals surface area contributed by atoms with Gasteiger partial charge in [0.15, 0.2) is 0 Å². The lowest BCUT2D eigenvalue weighted by molar-refractivity contribution is 0.000398. The van der Waals surface area contributed by atoms with Crippen molar-refractivity contribution < 1.29 is 4.74 Å². The lowest BCUT2D eigenvalue weighted by atomic mass is 10.2. The molecule has 1 atom stereocenters. The summed E-state index contributed by atoms with van der Waals surface area (Å²) in [7, 11) is 0. The third-order valence-electron chi connectivity index (χ3n) is 2.87. The fourth-order valence-electron chi connectivity index (χ4n) is 1.86. The molecule has 0 bridgehead atoms. The summed E-state index contributed by atoms with van der Waals surface area (Å²) in [5.41, 5.74) is 3.01. The van der Waals surface area contributed by atoms with Crippen molar-refractivity contribution in [3.63, 3.8) is 0 Å². The van der Waals surface area contributed by atoms with E-state index in [1.165, 1.54) is 0 Å². The molecule has 0 spiro atoms. The number of thiazole rings is 1. The molecular weight excluding hydrogens is 258 g/mol. The molecule has 1 aromatic rings. The number of nitrogens with one attached hydrogen (secondary N) is 1. The number of halogens is 1. The Morgan fingerprint density at radius 3 is 3.24 bits per heavy atom. The smallest absolute Gasteiger partial charge is 0.0795 e. The zero-order valence-electron chi connectivity index (χ0n) is 10.1. The Balaban J connectivity index is 0.00000144. The maximum Gasteiger partial charge on any atom is 0.0795 e. The molecule has 17 heavy (non-hydrogen) atoms. The van der Waals surface area contributed by atoms with Crippen LogP contribution >= 0.6 is 23.7 Å². The SMILES string of the molecule is CC1COCCN1CCNCc1cscn1.Cl. The Morgan fingerprint density at radius 1 is 1.65 bits per heavy atom. The van der Waals surface area contributed by atoms with Crippen molar-refractivity contribution in [2.45, 2.75) is 19.5 Å². The zero-order chi connectivity index (χ0) is 11.2. The Morgan fingerprint density at radius 2 is 2.53 bits per heavy atom. The largest absolute Gasteiger partial charge is 0.379 e. The van der Waals surface area contributed by atoms with Gasteiger partial charge in [0, 0.05) is 37.6 Å². The Kier molecular flexibility index (Phi) is 6.99. The maximum atomic E-state index is 5.41. The molecule has 0 aliphatic carbocycles. The number of hydrogen-bond acceptors (Lipinski definition) is 5. The molecule has 1 aromatic heterocycles. The van der Waals surface area contributed by atoms with Gasteiger partial charge in [0.05, 0.1) is 24.4 Å². The van der Waals surface area contributed by atoms with Gasteiger partial charge in [-0.15, -0.1) is 23.7 Å². The van der Waals surface area contributed by atoms with Crippen LogP contribution < -0.4 is 5.32 Å². The molecular formula is C11H20ClN3OS. The van der Waals surface area contributed by atoms with E-state index in [-0.39, 0.29) is 12.4 Å². The molecule has 2 heterocycles. The summed E-state index contributed by atoms with van der Waals surface area (Å²) in [6.45, 7) is 8.00. The van der Waals surface area contributed by atoms with Crippen molar-refractivity contribution in [3.8, 4) is 0 Å². The van der Waals surface area contributed by atoms with Gasteiger partial charge in [0.1, 0.15) is 0 Å². The summed E-state index contributed by atoms with van der Waals surface area (Å²) in [4.78, 5) is 6.71. The highest BCUT2D eigenvalue weighted by molar-refractivity contribution is 7.07. The van der Waals surface area contributed by atoms with Gasteiger partial charge in [-0.25, -0.2) is 4.98 Å². The summed E-state index contributed by atoms with van der Waals surface area (Å²) in [5, 5.41) is 5.50. The lowest BCUT2D eigenvalue weighted by Crippen LogP contribution is -2.46. The van der Waals surface area contributed by atoms with Crippen LogP contribution in [0.15, 0.2) is 10.9 Å². The number of aromatic nitrogens is 1. The highest BCUT2D eigenvalue weighted by Crippen LogP contribution is 2.04. The van der Waals surface area contributed by atoms with Crippen LogP contribution in [0.25, 0.3) is 0 Å². The van der Waals surface area contributed by atoms with Gasteiger partial charge in [0.2, 0.25) is 0 Å². The second kappa shape index (κ2) is 8.00. The van der Waals surface area contributed by atoms with Crippen LogP contribution in [-0.4, -0.2) is 48.8 Å². The molecule has 0 saturated carbocycles. The molecule has 1 saturated heterocycles. The van der Waals surface area contributed by atoms with Gasteiger partial charge in [-0.3, -0.25) is 4.90 Å². The molecule has 98 valence electrons. The molecule has 2 rings (SSSR count). The number of rotatable bonds is 5. The van der Waals surface area contributed by atoms with E-state index in [1.54, 1.807) is 11.3 Å². The molecule has 1 N–H and O–H groups in total. The summed E-state index contributed by atoms with van der Waals surface area (Å²) in [6, 6.07) is 0.551. The van der Waals surface area contributed by atoms with Gasteiger partial charge < -0.3 is 10.1 Å². The Bertz CT molecular complexity index is 297. The normalized spacial score (nSPS) is 21.1. The van der Waals surface area contributed by atoms with E-state index < -0.39 is 0 Å². The van der Waals surface area contributed by atoms with Gasteiger partial charge in [0.25, 0.3) is 0 Å². The molecule has 1 unspecified atom stereocenters. The topological polar surface area (TPSA) is 37.4 Å². The van der Waals surface area contributed by atoms with E-state index >= 15 is 0 Å². The second-order valence-electron chi connectivity index (χ2n) is 4.12. The molecule has 0 amide bonds. The van der Waals surface area contributed by atoms with Crippen LogP contribution in [0.4, 0.5) is 0 Å². The first-order valence-corrected chi connectivity index (χ1v) is 6.70. The first kappa shape index (κ1) is 14.9. The van der Waals surface area contributed by atoms with Gasteiger partial charge in [-0.05, 0) is 6.92 Å². The van der Waals surface area contributed by atoms with Crippen LogP contribution in [0.1, 0.15) is 12.6 Å². The predicted molar refractivity (Wildman–Crippen MR) is 72.9 cm³/mol. The third kappa shape index (κ3) is 4.89. The minimum atomic E-state index is 0. The van der Waals surface area contributed by atoms with Crippen LogP contribution in [0.3, 0.4) is 0 Å². The van der Waals surface area contributed by atoms with E-state index in [1.807, 2.05) is 5.51 Å². The summed E-state index contributed by atoms with van der Waals surface area (Å²) in [6.07, 6.45) is 0. The minimum absolute atomic E-state index is 0. The van der Waals surface area contributed by atoms with Gasteiger partial charge in [-0.2, -0.15) is 0 Å². The number of nitrogens with zero attached hydrogens (tertiary/aromatic N) is 2. The van der Waals surface area contributed by atoms with Crippen LogP contribution in [-0.2, 0) is 11.3 Å². The van der Waals surface area contributed by atoms with Crippen molar-refractivity contribution >= 4 is 23.7 Å². The molecule has 1 fully saturated rings. The van der Waals surface area contributed by atoms with Crippen LogP contribution in [0.5, 0.6) is 0 Å². The molecule has 4 nitrogen and oxygen atoms in total. The second-order valence-corrected chi connectivity index (χ2v) is 4.84. The lowest BCUT2D eigenvalue weighted by Gasteiger charge is -2.33. The van der Waals surface area contributed by atoms with E-state index in [0.717, 1.165) is 45.1 Å². The van der Waals surface area contributed by atoms with E-state index in [0.29, 0.717) is 6.04 Å². The quantitative estimate of drug-likeness (QED) is 0.825. The van der Waals surface area contributed by atoms with Crippen molar-refractivity contribution in [1.29, 1.82) is 0 Å². The van der Waals surface area contributed by atoms with Crippen LogP contribution in [0, 0.1) is 0 Å². The summed E-state index contributed by atoms with van der Waals surface area (Å²) >= 11 is 1.65.